The SMILES string of the molecule is O=C(NC1CC1)c1coc(CN(Cc2ccc(F)cc2)Cc2ccc(F)cc2F)n1. The van der Waals surface area contributed by atoms with Gasteiger partial charge < -0.3 is 9.73 Å². The number of nitrogens with zero attached hydrogens (tertiary/aromatic N) is 2. The summed E-state index contributed by atoms with van der Waals surface area (Å²) in [6.07, 6.45) is 3.22. The first-order chi connectivity index (χ1) is 14.5. The van der Waals surface area contributed by atoms with E-state index in [1.807, 2.05) is 4.90 Å². The van der Waals surface area contributed by atoms with Crippen molar-refractivity contribution in [2.75, 3.05) is 0 Å². The fourth-order valence-corrected chi connectivity index (χ4v) is 3.07. The molecule has 3 aromatic rings. The van der Waals surface area contributed by atoms with Crippen LogP contribution in [0.2, 0.25) is 0 Å². The van der Waals surface area contributed by atoms with Gasteiger partial charge in [0.15, 0.2) is 5.69 Å². The first-order valence-electron chi connectivity index (χ1n) is 9.62. The van der Waals surface area contributed by atoms with Crippen LogP contribution < -0.4 is 5.32 Å². The smallest absolute Gasteiger partial charge is 0.273 e. The molecule has 1 aliphatic carbocycles. The summed E-state index contributed by atoms with van der Waals surface area (Å²) >= 11 is 0. The van der Waals surface area contributed by atoms with Crippen LogP contribution in [-0.2, 0) is 19.6 Å². The summed E-state index contributed by atoms with van der Waals surface area (Å²) in [7, 11) is 0. The summed E-state index contributed by atoms with van der Waals surface area (Å²) in [4.78, 5) is 18.2. The molecule has 1 saturated carbocycles. The summed E-state index contributed by atoms with van der Waals surface area (Å²) in [6.45, 7) is 0.684. The monoisotopic (exact) mass is 415 g/mol. The molecule has 0 unspecified atom stereocenters. The lowest BCUT2D eigenvalue weighted by atomic mass is 10.1. The van der Waals surface area contributed by atoms with Crippen LogP contribution in [-0.4, -0.2) is 21.8 Å². The Bertz CT molecular complexity index is 1030. The van der Waals surface area contributed by atoms with Crippen molar-refractivity contribution in [3.8, 4) is 0 Å². The van der Waals surface area contributed by atoms with Crippen molar-refractivity contribution in [3.05, 3.63) is 88.9 Å². The summed E-state index contributed by atoms with van der Waals surface area (Å²) in [6, 6.07) is 9.56. The van der Waals surface area contributed by atoms with E-state index in [4.69, 9.17) is 4.42 Å². The van der Waals surface area contributed by atoms with E-state index in [-0.39, 0.29) is 36.5 Å². The molecule has 156 valence electrons. The van der Waals surface area contributed by atoms with E-state index in [1.165, 1.54) is 30.5 Å². The topological polar surface area (TPSA) is 58.4 Å². The van der Waals surface area contributed by atoms with E-state index in [2.05, 4.69) is 10.3 Å². The molecule has 1 amide bonds. The van der Waals surface area contributed by atoms with Gasteiger partial charge in [-0.3, -0.25) is 9.69 Å². The van der Waals surface area contributed by atoms with Crippen molar-refractivity contribution in [2.24, 2.45) is 0 Å². The van der Waals surface area contributed by atoms with Crippen LogP contribution in [0.5, 0.6) is 0 Å². The molecular weight excluding hydrogens is 395 g/mol. The molecular formula is C22H20F3N3O2. The van der Waals surface area contributed by atoms with Gasteiger partial charge in [0, 0.05) is 30.8 Å². The molecule has 0 aliphatic heterocycles. The summed E-state index contributed by atoms with van der Waals surface area (Å²) < 4.78 is 46.1. The molecule has 1 fully saturated rings. The average molecular weight is 415 g/mol. The lowest BCUT2D eigenvalue weighted by Gasteiger charge is -2.21. The molecule has 1 aromatic heterocycles. The Hall–Kier alpha value is -3.13. The number of halogens is 3. The largest absolute Gasteiger partial charge is 0.447 e. The minimum atomic E-state index is -0.656. The Morgan fingerprint density at radius 3 is 2.47 bits per heavy atom. The van der Waals surface area contributed by atoms with Crippen LogP contribution in [0.4, 0.5) is 13.2 Å². The zero-order valence-electron chi connectivity index (χ0n) is 16.1. The quantitative estimate of drug-likeness (QED) is 0.600. The van der Waals surface area contributed by atoms with Gasteiger partial charge in [-0.15, -0.1) is 0 Å². The van der Waals surface area contributed by atoms with Gasteiger partial charge in [-0.25, -0.2) is 18.2 Å². The van der Waals surface area contributed by atoms with Crippen molar-refractivity contribution in [1.82, 2.24) is 15.2 Å². The highest BCUT2D eigenvalue weighted by atomic mass is 19.1. The maximum Gasteiger partial charge on any atom is 0.273 e. The van der Waals surface area contributed by atoms with Crippen molar-refractivity contribution in [3.63, 3.8) is 0 Å². The third-order valence-corrected chi connectivity index (χ3v) is 4.78. The number of benzene rings is 2. The van der Waals surface area contributed by atoms with Crippen LogP contribution in [0.3, 0.4) is 0 Å². The first-order valence-corrected chi connectivity index (χ1v) is 9.62. The van der Waals surface area contributed by atoms with Crippen LogP contribution in [0, 0.1) is 17.5 Å². The Morgan fingerprint density at radius 1 is 1.03 bits per heavy atom. The van der Waals surface area contributed by atoms with E-state index in [0.717, 1.165) is 24.5 Å². The van der Waals surface area contributed by atoms with Crippen molar-refractivity contribution < 1.29 is 22.4 Å². The lowest BCUT2D eigenvalue weighted by Crippen LogP contribution is -2.26. The van der Waals surface area contributed by atoms with Crippen molar-refractivity contribution >= 4 is 5.91 Å². The normalized spacial score (nSPS) is 13.6. The third-order valence-electron chi connectivity index (χ3n) is 4.78. The zero-order valence-corrected chi connectivity index (χ0v) is 16.1. The molecule has 0 bridgehead atoms. The number of oxazole rings is 1. The van der Waals surface area contributed by atoms with Crippen LogP contribution in [0.1, 0.15) is 40.3 Å². The number of carbonyl (C=O) groups excluding carboxylic acids is 1. The molecule has 30 heavy (non-hydrogen) atoms. The molecule has 5 nitrogen and oxygen atoms in total. The Kier molecular flexibility index (Phi) is 5.85. The minimum Gasteiger partial charge on any atom is -0.447 e. The number of aromatic nitrogens is 1. The lowest BCUT2D eigenvalue weighted by molar-refractivity contribution is 0.0946. The van der Waals surface area contributed by atoms with Crippen LogP contribution in [0.15, 0.2) is 53.1 Å². The van der Waals surface area contributed by atoms with Crippen LogP contribution in [0.25, 0.3) is 0 Å². The summed E-state index contributed by atoms with van der Waals surface area (Å²) in [5, 5.41) is 2.84. The molecule has 2 aromatic carbocycles. The first kappa shape index (κ1) is 20.2. The number of hydrogen-bond donors (Lipinski definition) is 1. The highest BCUT2D eigenvalue weighted by Crippen LogP contribution is 2.20. The fraction of sp³-hybridized carbons (Fsp3) is 0.273. The molecule has 1 aliphatic rings. The maximum absolute atomic E-state index is 14.2. The van der Waals surface area contributed by atoms with Crippen molar-refractivity contribution in [1.29, 1.82) is 0 Å². The van der Waals surface area contributed by atoms with E-state index in [1.54, 1.807) is 12.1 Å². The van der Waals surface area contributed by atoms with Gasteiger partial charge in [0.2, 0.25) is 5.89 Å². The molecule has 1 heterocycles. The van der Waals surface area contributed by atoms with Gasteiger partial charge in [0.05, 0.1) is 6.54 Å². The molecule has 8 heteroatoms. The number of amides is 1. The summed E-state index contributed by atoms with van der Waals surface area (Å²) in [5.41, 5.74) is 1.29. The number of rotatable bonds is 8. The fourth-order valence-electron chi connectivity index (χ4n) is 3.07. The highest BCUT2D eigenvalue weighted by Gasteiger charge is 2.25. The highest BCUT2D eigenvalue weighted by molar-refractivity contribution is 5.92. The van der Waals surface area contributed by atoms with Crippen LogP contribution >= 0.6 is 0 Å². The van der Waals surface area contributed by atoms with E-state index in [0.29, 0.717) is 18.0 Å². The van der Waals surface area contributed by atoms with Gasteiger partial charge in [-0.1, -0.05) is 18.2 Å². The number of hydrogen-bond acceptors (Lipinski definition) is 4. The summed E-state index contributed by atoms with van der Waals surface area (Å²) in [5.74, 6) is -1.66. The molecule has 1 N–H and O–H groups in total. The minimum absolute atomic E-state index is 0.148. The van der Waals surface area contributed by atoms with Gasteiger partial charge in [0.1, 0.15) is 23.7 Å². The second-order valence-corrected chi connectivity index (χ2v) is 7.38. The number of carbonyl (C=O) groups is 1. The van der Waals surface area contributed by atoms with E-state index >= 15 is 0 Å². The second-order valence-electron chi connectivity index (χ2n) is 7.38. The molecule has 0 radical (unpaired) electrons. The second kappa shape index (κ2) is 8.71. The number of nitrogens with one attached hydrogen (secondary N) is 1. The molecule has 0 atom stereocenters. The molecule has 4 rings (SSSR count). The Balaban J connectivity index is 1.50. The van der Waals surface area contributed by atoms with Gasteiger partial charge in [-0.2, -0.15) is 0 Å². The van der Waals surface area contributed by atoms with E-state index in [9.17, 15) is 18.0 Å². The third kappa shape index (κ3) is 5.27. The molecule has 0 saturated heterocycles. The maximum atomic E-state index is 14.2. The van der Waals surface area contributed by atoms with Gasteiger partial charge >= 0.3 is 0 Å². The predicted octanol–water partition coefficient (Wildman–Crippen LogP) is 4.19. The standard InChI is InChI=1S/C22H20F3N3O2/c23-16-4-1-14(2-5-16)10-28(11-15-3-6-17(24)9-19(15)25)12-21-27-20(13-30-21)22(29)26-18-7-8-18/h1-6,9,13,18H,7-8,10-12H2,(H,26,29). The predicted molar refractivity (Wildman–Crippen MR) is 103 cm³/mol. The molecule has 0 spiro atoms. The van der Waals surface area contributed by atoms with E-state index < -0.39 is 11.6 Å². The van der Waals surface area contributed by atoms with Crippen molar-refractivity contribution in [2.45, 2.75) is 38.5 Å². The van der Waals surface area contributed by atoms with Gasteiger partial charge in [-0.05, 0) is 36.6 Å². The average Bonchev–Trinajstić information content (AvgIpc) is 3.40. The Morgan fingerprint density at radius 2 is 1.77 bits per heavy atom. The van der Waals surface area contributed by atoms with Gasteiger partial charge in [0.25, 0.3) is 5.91 Å². The Labute approximate surface area is 171 Å². The zero-order chi connectivity index (χ0) is 21.1.